The van der Waals surface area contributed by atoms with Crippen LogP contribution in [0.15, 0.2) is 75.3 Å². The number of carbonyl (C=O) groups is 1. The molecule has 140 valence electrons. The molecule has 0 aliphatic carbocycles. The van der Waals surface area contributed by atoms with E-state index in [4.69, 9.17) is 8.83 Å². The Hall–Kier alpha value is -2.87. The van der Waals surface area contributed by atoms with E-state index in [1.54, 1.807) is 36.6 Å². The van der Waals surface area contributed by atoms with E-state index in [1.165, 1.54) is 18.5 Å². The highest BCUT2D eigenvalue weighted by Gasteiger charge is 2.52. The van der Waals surface area contributed by atoms with Crippen LogP contribution in [-0.2, 0) is 11.2 Å². The fourth-order valence-electron chi connectivity index (χ4n) is 3.91. The quantitative estimate of drug-likeness (QED) is 0.695. The molecular formula is C20H20NO6+. The van der Waals surface area contributed by atoms with Crippen molar-refractivity contribution in [2.75, 3.05) is 13.3 Å². The molecule has 0 fully saturated rings. The van der Waals surface area contributed by atoms with Crippen molar-refractivity contribution in [3.8, 4) is 0 Å². The van der Waals surface area contributed by atoms with Crippen LogP contribution >= 0.6 is 0 Å². The largest absolute Gasteiger partial charge is 0.503 e. The topological polar surface area (TPSA) is 104 Å². The van der Waals surface area contributed by atoms with Gasteiger partial charge in [-0.3, -0.25) is 9.28 Å². The third-order valence-electron chi connectivity index (χ3n) is 5.27. The number of allylic oxidation sites excluding steroid dienone is 1. The summed E-state index contributed by atoms with van der Waals surface area (Å²) in [5, 5.41) is 30.9. The molecule has 0 spiro atoms. The van der Waals surface area contributed by atoms with Crippen molar-refractivity contribution in [2.24, 2.45) is 0 Å². The normalized spacial score (nSPS) is 27.6. The zero-order valence-corrected chi connectivity index (χ0v) is 14.5. The third kappa shape index (κ3) is 2.76. The Bertz CT molecular complexity index is 922. The van der Waals surface area contributed by atoms with E-state index in [1.807, 2.05) is 0 Å². The van der Waals surface area contributed by atoms with E-state index in [2.05, 4.69) is 0 Å². The lowest BCUT2D eigenvalue weighted by atomic mass is 9.86. The molecule has 2 aliphatic rings. The van der Waals surface area contributed by atoms with Gasteiger partial charge in [-0.15, -0.1) is 0 Å². The maximum Gasteiger partial charge on any atom is 0.218 e. The average molecular weight is 370 g/mol. The molecule has 0 saturated carbocycles. The molecular weight excluding hydrogens is 350 g/mol. The molecule has 3 atom stereocenters. The molecule has 3 N–H and O–H groups in total. The Labute approximate surface area is 155 Å². The highest BCUT2D eigenvalue weighted by atomic mass is 16.3. The van der Waals surface area contributed by atoms with Crippen LogP contribution in [-0.4, -0.2) is 51.0 Å². The average Bonchev–Trinajstić information content (AvgIpc) is 3.36. The highest BCUT2D eigenvalue weighted by Crippen LogP contribution is 2.40. The Morgan fingerprint density at radius 3 is 2.52 bits per heavy atom. The van der Waals surface area contributed by atoms with Gasteiger partial charge in [-0.1, -0.05) is 0 Å². The summed E-state index contributed by atoms with van der Waals surface area (Å²) in [4.78, 5) is 12.9. The van der Waals surface area contributed by atoms with Gasteiger partial charge in [0.15, 0.2) is 18.5 Å². The molecule has 0 aromatic carbocycles. The minimum absolute atomic E-state index is 0.0522. The van der Waals surface area contributed by atoms with E-state index in [0.29, 0.717) is 29.1 Å². The molecule has 2 aliphatic heterocycles. The lowest BCUT2D eigenvalue weighted by Gasteiger charge is -2.47. The maximum absolute atomic E-state index is 12.9. The number of furan rings is 2. The van der Waals surface area contributed by atoms with Crippen molar-refractivity contribution in [1.29, 1.82) is 0 Å². The van der Waals surface area contributed by atoms with E-state index in [-0.39, 0.29) is 22.6 Å². The number of nitrogens with zero attached hydrogens (tertiary/aromatic N) is 1. The minimum atomic E-state index is -0.758. The van der Waals surface area contributed by atoms with Gasteiger partial charge in [-0.2, -0.15) is 0 Å². The predicted molar refractivity (Wildman–Crippen MR) is 94.9 cm³/mol. The standard InChI is InChI=1S/C20H19NO6/c22-11-17-15(20-4-2-6-27-20)9-18(24)16-8-13(7-14-3-1-5-26-14)19(25)10-21(16,17)12-23/h1-6,8-10,16-17,22-23H,7,11-12H2/p+1. The minimum Gasteiger partial charge on any atom is -0.503 e. The van der Waals surface area contributed by atoms with E-state index < -0.39 is 18.8 Å². The summed E-state index contributed by atoms with van der Waals surface area (Å²) in [5.74, 6) is 0.813. The van der Waals surface area contributed by atoms with Gasteiger partial charge < -0.3 is 24.2 Å². The summed E-state index contributed by atoms with van der Waals surface area (Å²) in [5.41, 5.74) is 1.03. The van der Waals surface area contributed by atoms with Crippen LogP contribution in [0.1, 0.15) is 11.5 Å². The lowest BCUT2D eigenvalue weighted by molar-refractivity contribution is -0.925. The van der Waals surface area contributed by atoms with Crippen molar-refractivity contribution >= 4 is 11.4 Å². The number of aliphatic hydroxyl groups excluding tert-OH is 3. The summed E-state index contributed by atoms with van der Waals surface area (Å²) in [6, 6.07) is 5.50. The molecule has 4 rings (SSSR count). The summed E-state index contributed by atoms with van der Waals surface area (Å²) in [6.07, 6.45) is 7.89. The number of ketones is 1. The SMILES string of the molecule is O=C1C=C(c2ccco2)C(CO)[N+]2(CO)C=C(O)C(Cc3ccco3)=CC12. The molecule has 4 heterocycles. The summed E-state index contributed by atoms with van der Waals surface area (Å²) in [7, 11) is 0. The second kappa shape index (κ2) is 6.70. The number of quaternary nitrogens is 1. The van der Waals surface area contributed by atoms with Crippen LogP contribution in [0.2, 0.25) is 0 Å². The molecule has 0 radical (unpaired) electrons. The van der Waals surface area contributed by atoms with Gasteiger partial charge in [0.05, 0.1) is 18.1 Å². The Balaban J connectivity index is 1.80. The Morgan fingerprint density at radius 2 is 1.89 bits per heavy atom. The second-order valence-corrected chi connectivity index (χ2v) is 6.72. The maximum atomic E-state index is 12.9. The second-order valence-electron chi connectivity index (χ2n) is 6.72. The van der Waals surface area contributed by atoms with Crippen LogP contribution in [0.25, 0.3) is 5.57 Å². The first-order valence-electron chi connectivity index (χ1n) is 8.62. The van der Waals surface area contributed by atoms with Crippen LogP contribution in [0.5, 0.6) is 0 Å². The number of rotatable bonds is 5. The fraction of sp³-hybridized carbons (Fsp3) is 0.250. The van der Waals surface area contributed by atoms with Crippen LogP contribution in [0.3, 0.4) is 0 Å². The van der Waals surface area contributed by atoms with Gasteiger partial charge in [0.25, 0.3) is 0 Å². The molecule has 0 bridgehead atoms. The lowest BCUT2D eigenvalue weighted by Crippen LogP contribution is -2.65. The molecule has 3 unspecified atom stereocenters. The van der Waals surface area contributed by atoms with Crippen molar-refractivity contribution in [3.63, 3.8) is 0 Å². The van der Waals surface area contributed by atoms with Crippen molar-refractivity contribution < 1.29 is 33.4 Å². The Kier molecular flexibility index (Phi) is 4.35. The molecule has 7 nitrogen and oxygen atoms in total. The summed E-state index contributed by atoms with van der Waals surface area (Å²) >= 11 is 0. The molecule has 7 heteroatoms. The number of hydrogen-bond acceptors (Lipinski definition) is 6. The molecule has 0 amide bonds. The number of fused-ring (bicyclic) bond motifs is 1. The predicted octanol–water partition coefficient (Wildman–Crippen LogP) is 1.92. The number of aliphatic hydroxyl groups is 3. The molecule has 2 aromatic heterocycles. The van der Waals surface area contributed by atoms with Crippen LogP contribution < -0.4 is 0 Å². The van der Waals surface area contributed by atoms with Gasteiger partial charge in [0.1, 0.15) is 30.4 Å². The zero-order valence-electron chi connectivity index (χ0n) is 14.5. The van der Waals surface area contributed by atoms with Crippen molar-refractivity contribution in [3.05, 3.63) is 78.0 Å². The first-order valence-corrected chi connectivity index (χ1v) is 8.62. The molecule has 0 saturated heterocycles. The van der Waals surface area contributed by atoms with Gasteiger partial charge in [0.2, 0.25) is 5.78 Å². The number of carbonyl (C=O) groups excluding carboxylic acids is 1. The van der Waals surface area contributed by atoms with E-state index in [9.17, 15) is 20.1 Å². The van der Waals surface area contributed by atoms with Gasteiger partial charge >= 0.3 is 0 Å². The highest BCUT2D eigenvalue weighted by molar-refractivity contribution is 6.02. The van der Waals surface area contributed by atoms with Crippen LogP contribution in [0, 0.1) is 0 Å². The summed E-state index contributed by atoms with van der Waals surface area (Å²) < 4.78 is 10.4. The monoisotopic (exact) mass is 370 g/mol. The van der Waals surface area contributed by atoms with E-state index >= 15 is 0 Å². The molecule has 27 heavy (non-hydrogen) atoms. The first-order chi connectivity index (χ1) is 13.1. The third-order valence-corrected chi connectivity index (χ3v) is 5.27. The Morgan fingerprint density at radius 1 is 1.11 bits per heavy atom. The van der Waals surface area contributed by atoms with Crippen LogP contribution in [0.4, 0.5) is 0 Å². The van der Waals surface area contributed by atoms with Gasteiger partial charge in [-0.25, -0.2) is 0 Å². The molecule has 2 aromatic rings. The van der Waals surface area contributed by atoms with Crippen molar-refractivity contribution in [2.45, 2.75) is 18.5 Å². The smallest absolute Gasteiger partial charge is 0.218 e. The van der Waals surface area contributed by atoms with Gasteiger partial charge in [-0.05, 0) is 30.3 Å². The van der Waals surface area contributed by atoms with Crippen molar-refractivity contribution in [1.82, 2.24) is 0 Å². The van der Waals surface area contributed by atoms with E-state index in [0.717, 1.165) is 0 Å². The first kappa shape index (κ1) is 17.5. The summed E-state index contributed by atoms with van der Waals surface area (Å²) in [6.45, 7) is -0.795. The fourth-order valence-corrected chi connectivity index (χ4v) is 3.91. The number of hydrogen-bond donors (Lipinski definition) is 3. The zero-order chi connectivity index (χ0) is 19.0. The van der Waals surface area contributed by atoms with Gasteiger partial charge in [0, 0.05) is 18.1 Å².